The van der Waals surface area contributed by atoms with Crippen LogP contribution < -0.4 is 5.32 Å². The third-order valence-corrected chi connectivity index (χ3v) is 3.73. The summed E-state index contributed by atoms with van der Waals surface area (Å²) in [6, 6.07) is 10.1. The molecule has 2 aliphatic rings. The van der Waals surface area contributed by atoms with Gasteiger partial charge in [0.25, 0.3) is 0 Å². The van der Waals surface area contributed by atoms with Crippen molar-refractivity contribution in [3.8, 4) is 0 Å². The standard InChI is InChI=1S/C15H20N2/c1-2-9-17(14-7-8-14)11-13-10-12-5-3-4-6-15(12)16-13/h2-6,13-14,16H,1,7-11H2. The normalized spacial score (nSPS) is 22.3. The third kappa shape index (κ3) is 2.37. The van der Waals surface area contributed by atoms with Gasteiger partial charge in [0.1, 0.15) is 0 Å². The topological polar surface area (TPSA) is 15.3 Å². The second-order valence-corrected chi connectivity index (χ2v) is 5.18. The molecule has 17 heavy (non-hydrogen) atoms. The fourth-order valence-electron chi connectivity index (χ4n) is 2.75. The van der Waals surface area contributed by atoms with Crippen LogP contribution in [-0.4, -0.2) is 30.1 Å². The van der Waals surface area contributed by atoms with Gasteiger partial charge in [-0.15, -0.1) is 6.58 Å². The second kappa shape index (κ2) is 4.53. The lowest BCUT2D eigenvalue weighted by Crippen LogP contribution is -2.37. The number of nitrogens with one attached hydrogen (secondary N) is 1. The van der Waals surface area contributed by atoms with Gasteiger partial charge in [-0.1, -0.05) is 24.3 Å². The molecule has 2 nitrogen and oxygen atoms in total. The van der Waals surface area contributed by atoms with Crippen LogP contribution in [0.4, 0.5) is 5.69 Å². The highest BCUT2D eigenvalue weighted by Gasteiger charge is 2.31. The van der Waals surface area contributed by atoms with Crippen LogP contribution in [-0.2, 0) is 6.42 Å². The maximum absolute atomic E-state index is 3.86. The van der Waals surface area contributed by atoms with Crippen molar-refractivity contribution < 1.29 is 0 Å². The summed E-state index contributed by atoms with van der Waals surface area (Å²) in [4.78, 5) is 2.57. The van der Waals surface area contributed by atoms with Crippen molar-refractivity contribution >= 4 is 5.69 Å². The molecule has 0 aromatic heterocycles. The van der Waals surface area contributed by atoms with E-state index in [0.717, 1.165) is 25.6 Å². The fraction of sp³-hybridized carbons (Fsp3) is 0.467. The van der Waals surface area contributed by atoms with Crippen LogP contribution in [0.1, 0.15) is 18.4 Å². The minimum Gasteiger partial charge on any atom is -0.380 e. The van der Waals surface area contributed by atoms with Gasteiger partial charge in [0.15, 0.2) is 0 Å². The number of anilines is 1. The Morgan fingerprint density at radius 3 is 2.88 bits per heavy atom. The lowest BCUT2D eigenvalue weighted by atomic mass is 10.1. The zero-order valence-corrected chi connectivity index (χ0v) is 10.2. The van der Waals surface area contributed by atoms with Crippen LogP contribution in [0.25, 0.3) is 0 Å². The highest BCUT2D eigenvalue weighted by molar-refractivity contribution is 5.56. The molecule has 0 saturated heterocycles. The summed E-state index contributed by atoms with van der Waals surface area (Å²) in [6.45, 7) is 6.03. The van der Waals surface area contributed by atoms with Gasteiger partial charge in [-0.25, -0.2) is 0 Å². The summed E-state index contributed by atoms with van der Waals surface area (Å²) in [5.74, 6) is 0. The first-order valence-electron chi connectivity index (χ1n) is 6.56. The molecular weight excluding hydrogens is 208 g/mol. The molecule has 1 aliphatic carbocycles. The molecule has 1 heterocycles. The molecule has 2 heteroatoms. The Morgan fingerprint density at radius 1 is 1.35 bits per heavy atom. The maximum atomic E-state index is 3.86. The van der Waals surface area contributed by atoms with Crippen molar-refractivity contribution in [1.29, 1.82) is 0 Å². The molecule has 0 amide bonds. The van der Waals surface area contributed by atoms with E-state index in [1.54, 1.807) is 0 Å². The van der Waals surface area contributed by atoms with E-state index in [-0.39, 0.29) is 0 Å². The Balaban J connectivity index is 1.62. The molecule has 1 N–H and O–H groups in total. The van der Waals surface area contributed by atoms with E-state index in [1.165, 1.54) is 24.1 Å². The molecule has 1 aliphatic heterocycles. The lowest BCUT2D eigenvalue weighted by Gasteiger charge is -2.24. The summed E-state index contributed by atoms with van der Waals surface area (Å²) < 4.78 is 0. The Morgan fingerprint density at radius 2 is 2.18 bits per heavy atom. The Bertz CT molecular complexity index is 384. The number of para-hydroxylation sites is 1. The summed E-state index contributed by atoms with van der Waals surface area (Å²) in [5.41, 5.74) is 2.79. The van der Waals surface area contributed by atoms with Crippen LogP contribution in [0.5, 0.6) is 0 Å². The first-order valence-corrected chi connectivity index (χ1v) is 6.56. The SMILES string of the molecule is C=CCN(CC1Cc2ccccc2N1)C1CC1. The number of nitrogens with zero attached hydrogens (tertiary/aromatic N) is 1. The van der Waals surface area contributed by atoms with Crippen molar-refractivity contribution in [2.24, 2.45) is 0 Å². The predicted octanol–water partition coefficient (Wildman–Crippen LogP) is 2.67. The second-order valence-electron chi connectivity index (χ2n) is 5.18. The maximum Gasteiger partial charge on any atom is 0.0429 e. The molecule has 1 fully saturated rings. The van der Waals surface area contributed by atoms with E-state index < -0.39 is 0 Å². The van der Waals surface area contributed by atoms with E-state index in [9.17, 15) is 0 Å². The van der Waals surface area contributed by atoms with Gasteiger partial charge in [0, 0.05) is 30.9 Å². The van der Waals surface area contributed by atoms with Crippen LogP contribution >= 0.6 is 0 Å². The fourth-order valence-corrected chi connectivity index (χ4v) is 2.75. The molecule has 1 unspecified atom stereocenters. The smallest absolute Gasteiger partial charge is 0.0429 e. The number of hydrogen-bond acceptors (Lipinski definition) is 2. The van der Waals surface area contributed by atoms with E-state index in [0.29, 0.717) is 6.04 Å². The van der Waals surface area contributed by atoms with Crippen LogP contribution in [0.2, 0.25) is 0 Å². The number of benzene rings is 1. The Labute approximate surface area is 103 Å². The van der Waals surface area contributed by atoms with Gasteiger partial charge < -0.3 is 5.32 Å². The molecular formula is C15H20N2. The minimum atomic E-state index is 0.577. The van der Waals surface area contributed by atoms with Gasteiger partial charge >= 0.3 is 0 Å². The van der Waals surface area contributed by atoms with E-state index in [1.807, 2.05) is 6.08 Å². The summed E-state index contributed by atoms with van der Waals surface area (Å²) >= 11 is 0. The van der Waals surface area contributed by atoms with E-state index >= 15 is 0 Å². The zero-order chi connectivity index (χ0) is 11.7. The average molecular weight is 228 g/mol. The van der Waals surface area contributed by atoms with Crippen LogP contribution in [0.15, 0.2) is 36.9 Å². The van der Waals surface area contributed by atoms with Crippen LogP contribution in [0.3, 0.4) is 0 Å². The quantitative estimate of drug-likeness (QED) is 0.779. The van der Waals surface area contributed by atoms with Gasteiger partial charge in [0.2, 0.25) is 0 Å². The highest BCUT2D eigenvalue weighted by atomic mass is 15.2. The lowest BCUT2D eigenvalue weighted by molar-refractivity contribution is 0.280. The summed E-state index contributed by atoms with van der Waals surface area (Å²) in [6.07, 6.45) is 5.93. The predicted molar refractivity (Wildman–Crippen MR) is 72.3 cm³/mol. The average Bonchev–Trinajstić information content (AvgIpc) is 3.09. The molecule has 1 atom stereocenters. The Hall–Kier alpha value is -1.28. The van der Waals surface area contributed by atoms with Crippen molar-refractivity contribution in [2.75, 3.05) is 18.4 Å². The van der Waals surface area contributed by atoms with Crippen molar-refractivity contribution in [1.82, 2.24) is 4.90 Å². The number of rotatable bonds is 5. The first-order chi connectivity index (χ1) is 8.36. The highest BCUT2D eigenvalue weighted by Crippen LogP contribution is 2.30. The molecule has 3 rings (SSSR count). The molecule has 0 bridgehead atoms. The van der Waals surface area contributed by atoms with Crippen molar-refractivity contribution in [3.05, 3.63) is 42.5 Å². The van der Waals surface area contributed by atoms with Gasteiger partial charge in [0.05, 0.1) is 0 Å². The van der Waals surface area contributed by atoms with E-state index in [2.05, 4.69) is 41.1 Å². The monoisotopic (exact) mass is 228 g/mol. The van der Waals surface area contributed by atoms with Gasteiger partial charge in [-0.2, -0.15) is 0 Å². The molecule has 1 aromatic rings. The molecule has 0 radical (unpaired) electrons. The summed E-state index contributed by atoms with van der Waals surface area (Å²) in [7, 11) is 0. The third-order valence-electron chi connectivity index (χ3n) is 3.73. The number of hydrogen-bond donors (Lipinski definition) is 1. The first kappa shape index (κ1) is 10.8. The molecule has 0 spiro atoms. The zero-order valence-electron chi connectivity index (χ0n) is 10.2. The largest absolute Gasteiger partial charge is 0.380 e. The summed E-state index contributed by atoms with van der Waals surface area (Å²) in [5, 5.41) is 3.63. The van der Waals surface area contributed by atoms with Gasteiger partial charge in [-0.05, 0) is 30.9 Å². The van der Waals surface area contributed by atoms with E-state index in [4.69, 9.17) is 0 Å². The number of fused-ring (bicyclic) bond motifs is 1. The van der Waals surface area contributed by atoms with Crippen molar-refractivity contribution in [2.45, 2.75) is 31.3 Å². The van der Waals surface area contributed by atoms with Crippen LogP contribution in [0, 0.1) is 0 Å². The minimum absolute atomic E-state index is 0.577. The van der Waals surface area contributed by atoms with Gasteiger partial charge in [-0.3, -0.25) is 4.90 Å². The Kier molecular flexibility index (Phi) is 2.89. The molecule has 90 valence electrons. The molecule has 1 saturated carbocycles. The van der Waals surface area contributed by atoms with Crippen molar-refractivity contribution in [3.63, 3.8) is 0 Å². The molecule has 1 aromatic carbocycles.